The molecule has 0 spiro atoms. The molecular weight excluding hydrogens is 844 g/mol. The summed E-state index contributed by atoms with van der Waals surface area (Å²) in [7, 11) is 0. The standard InChI is InChI=1S/C20H34N2O3.C19H19NO4.C13H21NO.ClH/c1-8-16(21)18(23)22-17(25-20(5,6)7)13-14-9-11-15(12-10-14)24-19(2,3)4;1-2-17(18(21)22)20-19(23)24-11-16-14-9-5-3-7-12(14)13-8-4-6-10-15(13)16;1-10-5-7-11(8-6-10)9-12(14)15-13(2,3)4;/h9-12,16-17H,8,13,21H2,1-7H3,(H,22,23);3-10,16-17H,2,11H2,1H3,(H,20,23)(H,21,22);5-8,12H,9,14H2,1-4H3;1H/t16-,17+;17-;12-;/m001./s1. The maximum Gasteiger partial charge on any atom is 0.407 e. The van der Waals surface area contributed by atoms with Crippen LogP contribution < -0.4 is 26.8 Å². The third kappa shape index (κ3) is 20.4. The van der Waals surface area contributed by atoms with E-state index in [2.05, 4.69) is 54.0 Å². The lowest BCUT2D eigenvalue weighted by atomic mass is 9.98. The molecule has 65 heavy (non-hydrogen) atoms. The van der Waals surface area contributed by atoms with Crippen LogP contribution in [0.1, 0.15) is 123 Å². The molecule has 0 saturated heterocycles. The van der Waals surface area contributed by atoms with Gasteiger partial charge in [-0.05, 0) is 128 Å². The Labute approximate surface area is 393 Å². The van der Waals surface area contributed by atoms with Gasteiger partial charge < -0.3 is 46.2 Å². The molecule has 0 saturated carbocycles. The van der Waals surface area contributed by atoms with Crippen LogP contribution in [0.5, 0.6) is 5.75 Å². The molecule has 13 heteroatoms. The molecule has 0 aliphatic heterocycles. The van der Waals surface area contributed by atoms with Gasteiger partial charge in [0, 0.05) is 18.8 Å². The molecule has 12 nitrogen and oxygen atoms in total. The largest absolute Gasteiger partial charge is 0.488 e. The van der Waals surface area contributed by atoms with E-state index in [0.717, 1.165) is 40.0 Å². The highest BCUT2D eigenvalue weighted by Crippen LogP contribution is 2.44. The molecule has 0 unspecified atom stereocenters. The first-order valence-corrected chi connectivity index (χ1v) is 22.2. The van der Waals surface area contributed by atoms with Crippen molar-refractivity contribution in [1.29, 1.82) is 0 Å². The number of amides is 2. The summed E-state index contributed by atoms with van der Waals surface area (Å²) in [5.41, 5.74) is 19.0. The lowest BCUT2D eigenvalue weighted by Crippen LogP contribution is -2.49. The Hall–Kier alpha value is -4.98. The van der Waals surface area contributed by atoms with Gasteiger partial charge in [-0.3, -0.25) is 4.79 Å². The number of ether oxygens (including phenoxy) is 4. The van der Waals surface area contributed by atoms with E-state index in [0.29, 0.717) is 19.3 Å². The third-order valence-corrected chi connectivity index (χ3v) is 9.75. The second-order valence-electron chi connectivity index (χ2n) is 19.0. The van der Waals surface area contributed by atoms with Crippen LogP contribution in [0.3, 0.4) is 0 Å². The van der Waals surface area contributed by atoms with Crippen molar-refractivity contribution in [1.82, 2.24) is 10.6 Å². The van der Waals surface area contributed by atoms with Crippen molar-refractivity contribution >= 4 is 30.4 Å². The highest BCUT2D eigenvalue weighted by molar-refractivity contribution is 5.85. The first kappa shape index (κ1) is 56.2. The van der Waals surface area contributed by atoms with Crippen molar-refractivity contribution in [2.75, 3.05) is 6.61 Å². The maximum absolute atomic E-state index is 12.1. The van der Waals surface area contributed by atoms with Crippen LogP contribution in [0.2, 0.25) is 0 Å². The van der Waals surface area contributed by atoms with Crippen LogP contribution in [0.4, 0.5) is 4.79 Å². The summed E-state index contributed by atoms with van der Waals surface area (Å²) in [4.78, 5) is 35.0. The number of hydrogen-bond acceptors (Lipinski definition) is 9. The van der Waals surface area contributed by atoms with E-state index < -0.39 is 30.4 Å². The molecule has 2 amide bonds. The van der Waals surface area contributed by atoms with E-state index in [9.17, 15) is 14.4 Å². The van der Waals surface area contributed by atoms with Crippen LogP contribution in [0, 0.1) is 6.92 Å². The van der Waals surface area contributed by atoms with Crippen LogP contribution in [0.25, 0.3) is 11.1 Å². The first-order chi connectivity index (χ1) is 29.9. The molecule has 0 aromatic heterocycles. The fraction of sp³-hybridized carbons (Fsp3) is 0.481. The molecule has 0 bridgehead atoms. The maximum atomic E-state index is 12.1. The Morgan fingerprint density at radius 3 is 1.62 bits per heavy atom. The minimum absolute atomic E-state index is 0. The predicted octanol–water partition coefficient (Wildman–Crippen LogP) is 9.85. The van der Waals surface area contributed by atoms with E-state index in [1.165, 1.54) is 11.1 Å². The molecule has 0 fully saturated rings. The first-order valence-electron chi connectivity index (χ1n) is 22.2. The van der Waals surface area contributed by atoms with E-state index in [-0.39, 0.29) is 53.9 Å². The number of aryl methyl sites for hydroxylation is 1. The number of halogens is 1. The smallest absolute Gasteiger partial charge is 0.407 e. The van der Waals surface area contributed by atoms with Crippen molar-refractivity contribution in [3.05, 3.63) is 125 Å². The van der Waals surface area contributed by atoms with E-state index in [1.807, 2.05) is 130 Å². The number of carboxylic acid groups (broad SMARTS) is 1. The lowest BCUT2D eigenvalue weighted by Gasteiger charge is -2.29. The summed E-state index contributed by atoms with van der Waals surface area (Å²) in [6.45, 7) is 23.8. The molecule has 358 valence electrons. The van der Waals surface area contributed by atoms with E-state index in [4.69, 9.17) is 35.5 Å². The minimum Gasteiger partial charge on any atom is -0.488 e. The Bertz CT molecular complexity index is 2030. The van der Waals surface area contributed by atoms with Crippen molar-refractivity contribution < 1.29 is 38.4 Å². The monoisotopic (exact) mass is 919 g/mol. The van der Waals surface area contributed by atoms with Crippen molar-refractivity contribution in [2.24, 2.45) is 11.5 Å². The summed E-state index contributed by atoms with van der Waals surface area (Å²) in [6.07, 6.45) is 0.859. The highest BCUT2D eigenvalue weighted by Gasteiger charge is 2.30. The number of aliphatic carboxylic acids is 1. The summed E-state index contributed by atoms with van der Waals surface area (Å²) < 4.78 is 22.8. The van der Waals surface area contributed by atoms with E-state index >= 15 is 0 Å². The average Bonchev–Trinajstić information content (AvgIpc) is 3.52. The van der Waals surface area contributed by atoms with Gasteiger partial charge in [0.05, 0.1) is 17.2 Å². The summed E-state index contributed by atoms with van der Waals surface area (Å²) in [6, 6.07) is 30.9. The van der Waals surface area contributed by atoms with Crippen LogP contribution in [-0.2, 0) is 36.6 Å². The second-order valence-corrected chi connectivity index (χ2v) is 19.0. The number of hydrogen-bond donors (Lipinski definition) is 5. The second kappa shape index (κ2) is 25.6. The Balaban J connectivity index is 0.000000343. The summed E-state index contributed by atoms with van der Waals surface area (Å²) in [5.74, 6) is -0.468. The lowest BCUT2D eigenvalue weighted by molar-refractivity contribution is -0.139. The zero-order chi connectivity index (χ0) is 47.8. The molecule has 5 rings (SSSR count). The molecule has 4 atom stereocenters. The highest BCUT2D eigenvalue weighted by atomic mass is 35.5. The summed E-state index contributed by atoms with van der Waals surface area (Å²) in [5, 5.41) is 14.3. The van der Waals surface area contributed by atoms with E-state index in [1.54, 1.807) is 6.92 Å². The normalized spacial score (nSPS) is 13.9. The Kier molecular flexibility index (Phi) is 22.2. The van der Waals surface area contributed by atoms with Gasteiger partial charge >= 0.3 is 12.1 Å². The Morgan fingerprint density at radius 1 is 0.662 bits per heavy atom. The molecule has 1 aliphatic rings. The topological polar surface area (TPSA) is 184 Å². The quantitative estimate of drug-likeness (QED) is 0.0720. The SMILES string of the molecule is CC[C@H](N)C(=O)N[C@@H](Cc1ccc(OC(C)(C)C)cc1)OC(C)(C)C.CC[C@H](NC(=O)OCC1c2ccccc2-c2ccccc21)C(=O)O.Cc1ccc(C[C@H](N)OC(C)(C)C)cc1.Cl. The fourth-order valence-electron chi connectivity index (χ4n) is 6.83. The number of benzene rings is 4. The molecule has 1 aliphatic carbocycles. The number of nitrogens with one attached hydrogen (secondary N) is 2. The molecule has 0 heterocycles. The number of alkyl carbamates (subject to hydrolysis) is 1. The zero-order valence-corrected chi connectivity index (χ0v) is 41.3. The van der Waals surface area contributed by atoms with Gasteiger partial charge in [-0.15, -0.1) is 12.4 Å². The summed E-state index contributed by atoms with van der Waals surface area (Å²) >= 11 is 0. The molecule has 4 aromatic carbocycles. The van der Waals surface area contributed by atoms with Gasteiger partial charge in [-0.1, -0.05) is 104 Å². The molecule has 7 N–H and O–H groups in total. The number of carbonyl (C=O) groups excluding carboxylic acids is 2. The van der Waals surface area contributed by atoms with Gasteiger partial charge in [0.1, 0.15) is 36.5 Å². The molecule has 4 aromatic rings. The predicted molar refractivity (Wildman–Crippen MR) is 262 cm³/mol. The van der Waals surface area contributed by atoms with Crippen LogP contribution in [-0.4, -0.2) is 71.0 Å². The van der Waals surface area contributed by atoms with Crippen LogP contribution in [0.15, 0.2) is 97.1 Å². The zero-order valence-electron chi connectivity index (χ0n) is 40.5. The number of carboxylic acids is 1. The number of nitrogens with two attached hydrogens (primary N) is 2. The average molecular weight is 920 g/mol. The van der Waals surface area contributed by atoms with Crippen molar-refractivity contribution in [3.8, 4) is 16.9 Å². The fourth-order valence-corrected chi connectivity index (χ4v) is 6.83. The number of carbonyl (C=O) groups is 3. The molecule has 0 radical (unpaired) electrons. The van der Waals surface area contributed by atoms with Crippen molar-refractivity contribution in [3.63, 3.8) is 0 Å². The molecular formula is C52H75ClN4O8. The van der Waals surface area contributed by atoms with Gasteiger partial charge in [0.15, 0.2) is 0 Å². The van der Waals surface area contributed by atoms with Crippen LogP contribution >= 0.6 is 12.4 Å². The van der Waals surface area contributed by atoms with Gasteiger partial charge in [-0.25, -0.2) is 9.59 Å². The van der Waals surface area contributed by atoms with Crippen molar-refractivity contribution in [2.45, 2.75) is 156 Å². The van der Waals surface area contributed by atoms with Gasteiger partial charge in [-0.2, -0.15) is 0 Å². The number of rotatable bonds is 15. The Morgan fingerprint density at radius 2 is 1.15 bits per heavy atom. The van der Waals surface area contributed by atoms with Gasteiger partial charge in [0.25, 0.3) is 0 Å². The van der Waals surface area contributed by atoms with Gasteiger partial charge in [0.2, 0.25) is 5.91 Å². The minimum atomic E-state index is -1.06. The third-order valence-electron chi connectivity index (χ3n) is 9.75. The number of fused-ring (bicyclic) bond motifs is 3.